The average molecular weight is 220 g/mol. The second kappa shape index (κ2) is 7.94. The normalized spacial score (nSPS) is 14.7. The molecule has 14 heavy (non-hydrogen) atoms. The predicted octanol–water partition coefficient (Wildman–Crippen LogP) is 1.60. The van der Waals surface area contributed by atoms with E-state index < -0.39 is 0 Å². The average Bonchev–Trinajstić information content (AvgIpc) is 2.59. The van der Waals surface area contributed by atoms with Gasteiger partial charge in [-0.1, -0.05) is 13.3 Å². The smallest absolute Gasteiger partial charge is 0.0893 e. The van der Waals surface area contributed by atoms with Crippen LogP contribution >= 0.6 is 12.4 Å². The molecule has 0 atom stereocenters. The van der Waals surface area contributed by atoms with Gasteiger partial charge in [-0.05, 0) is 19.4 Å². The first-order chi connectivity index (χ1) is 6.36. The SMILES string of the molecule is CCCCN1C=CN(CCCN)C1.Cl. The Kier molecular flexibility index (Phi) is 7.71. The highest BCUT2D eigenvalue weighted by Crippen LogP contribution is 2.07. The van der Waals surface area contributed by atoms with Crippen LogP contribution in [0.4, 0.5) is 0 Å². The van der Waals surface area contributed by atoms with Gasteiger partial charge in [0.1, 0.15) is 0 Å². The van der Waals surface area contributed by atoms with Gasteiger partial charge in [-0.15, -0.1) is 12.4 Å². The van der Waals surface area contributed by atoms with E-state index in [2.05, 4.69) is 29.1 Å². The van der Waals surface area contributed by atoms with Crippen molar-refractivity contribution in [3.8, 4) is 0 Å². The van der Waals surface area contributed by atoms with Gasteiger partial charge in [0.15, 0.2) is 0 Å². The first-order valence-corrected chi connectivity index (χ1v) is 5.23. The molecule has 0 saturated carbocycles. The molecule has 0 unspecified atom stereocenters. The predicted molar refractivity (Wildman–Crippen MR) is 63.2 cm³/mol. The maximum absolute atomic E-state index is 5.46. The molecule has 2 N–H and O–H groups in total. The van der Waals surface area contributed by atoms with Crippen LogP contribution in [0.25, 0.3) is 0 Å². The largest absolute Gasteiger partial charge is 0.359 e. The minimum absolute atomic E-state index is 0. The summed E-state index contributed by atoms with van der Waals surface area (Å²) in [5.41, 5.74) is 5.46. The number of unbranched alkanes of at least 4 members (excludes halogenated alkanes) is 1. The zero-order chi connectivity index (χ0) is 9.52. The lowest BCUT2D eigenvalue weighted by molar-refractivity contribution is 0.261. The van der Waals surface area contributed by atoms with Gasteiger partial charge < -0.3 is 15.5 Å². The van der Waals surface area contributed by atoms with Crippen LogP contribution in [0.15, 0.2) is 12.4 Å². The van der Waals surface area contributed by atoms with E-state index in [4.69, 9.17) is 5.73 Å². The van der Waals surface area contributed by atoms with Crippen molar-refractivity contribution in [1.29, 1.82) is 0 Å². The minimum atomic E-state index is 0. The van der Waals surface area contributed by atoms with E-state index in [0.29, 0.717) is 0 Å². The molecule has 84 valence electrons. The summed E-state index contributed by atoms with van der Waals surface area (Å²) < 4.78 is 0. The molecule has 1 rings (SSSR count). The number of rotatable bonds is 6. The first-order valence-electron chi connectivity index (χ1n) is 5.23. The lowest BCUT2D eigenvalue weighted by atomic mass is 10.3. The summed E-state index contributed by atoms with van der Waals surface area (Å²) in [5.74, 6) is 0. The lowest BCUT2D eigenvalue weighted by Crippen LogP contribution is -2.27. The zero-order valence-corrected chi connectivity index (χ0v) is 9.80. The van der Waals surface area contributed by atoms with Crippen molar-refractivity contribution < 1.29 is 0 Å². The lowest BCUT2D eigenvalue weighted by Gasteiger charge is -2.20. The van der Waals surface area contributed by atoms with Crippen LogP contribution in [-0.4, -0.2) is 36.1 Å². The van der Waals surface area contributed by atoms with Gasteiger partial charge >= 0.3 is 0 Å². The topological polar surface area (TPSA) is 32.5 Å². The molecule has 1 aliphatic rings. The maximum atomic E-state index is 5.46. The molecule has 1 aliphatic heterocycles. The van der Waals surface area contributed by atoms with Crippen molar-refractivity contribution in [2.45, 2.75) is 26.2 Å². The van der Waals surface area contributed by atoms with Crippen LogP contribution in [0.2, 0.25) is 0 Å². The van der Waals surface area contributed by atoms with Gasteiger partial charge in [0.05, 0.1) is 6.67 Å². The molecule has 0 aliphatic carbocycles. The maximum Gasteiger partial charge on any atom is 0.0893 e. The Bertz CT molecular complexity index is 145. The van der Waals surface area contributed by atoms with E-state index in [0.717, 1.165) is 26.2 Å². The first kappa shape index (κ1) is 13.6. The van der Waals surface area contributed by atoms with Gasteiger partial charge in [0.25, 0.3) is 0 Å². The van der Waals surface area contributed by atoms with Crippen LogP contribution in [0.5, 0.6) is 0 Å². The van der Waals surface area contributed by atoms with Crippen molar-refractivity contribution in [3.05, 3.63) is 12.4 Å². The second-order valence-electron chi connectivity index (χ2n) is 3.56. The van der Waals surface area contributed by atoms with Crippen LogP contribution in [0.1, 0.15) is 26.2 Å². The zero-order valence-electron chi connectivity index (χ0n) is 8.98. The van der Waals surface area contributed by atoms with Crippen molar-refractivity contribution in [1.82, 2.24) is 9.80 Å². The molecule has 4 heteroatoms. The van der Waals surface area contributed by atoms with E-state index in [1.54, 1.807) is 0 Å². The molecule has 0 radical (unpaired) electrons. The third-order valence-electron chi connectivity index (χ3n) is 2.30. The summed E-state index contributed by atoms with van der Waals surface area (Å²) in [6, 6.07) is 0. The number of hydrogen-bond acceptors (Lipinski definition) is 3. The fourth-order valence-electron chi connectivity index (χ4n) is 1.46. The Hall–Kier alpha value is -0.410. The van der Waals surface area contributed by atoms with Crippen molar-refractivity contribution in [2.75, 3.05) is 26.3 Å². The van der Waals surface area contributed by atoms with Crippen molar-refractivity contribution >= 4 is 12.4 Å². The second-order valence-corrected chi connectivity index (χ2v) is 3.56. The standard InChI is InChI=1S/C10H21N3.ClH/c1-2-3-6-12-8-9-13(10-12)7-4-5-11;/h8-9H,2-7,10-11H2,1H3;1H. The molecule has 0 spiro atoms. The number of nitrogens with two attached hydrogens (primary N) is 1. The molecule has 1 heterocycles. The van der Waals surface area contributed by atoms with Gasteiger partial charge in [-0.3, -0.25) is 0 Å². The van der Waals surface area contributed by atoms with Gasteiger partial charge in [-0.2, -0.15) is 0 Å². The number of halogens is 1. The molecule has 0 saturated heterocycles. The summed E-state index contributed by atoms with van der Waals surface area (Å²) in [6.45, 7) is 6.35. The Morgan fingerprint density at radius 2 is 1.71 bits per heavy atom. The highest BCUT2D eigenvalue weighted by atomic mass is 35.5. The number of nitrogens with zero attached hydrogens (tertiary/aromatic N) is 2. The summed E-state index contributed by atoms with van der Waals surface area (Å²) in [6.07, 6.45) is 8.01. The molecule has 0 aromatic rings. The molecule has 0 aromatic heterocycles. The van der Waals surface area contributed by atoms with Gasteiger partial charge in [0, 0.05) is 25.5 Å². The van der Waals surface area contributed by atoms with E-state index >= 15 is 0 Å². The summed E-state index contributed by atoms with van der Waals surface area (Å²) in [7, 11) is 0. The van der Waals surface area contributed by atoms with Gasteiger partial charge in [0.2, 0.25) is 0 Å². The van der Waals surface area contributed by atoms with E-state index in [1.165, 1.54) is 19.4 Å². The summed E-state index contributed by atoms with van der Waals surface area (Å²) in [5, 5.41) is 0. The van der Waals surface area contributed by atoms with Crippen LogP contribution in [0, 0.1) is 0 Å². The number of hydrogen-bond donors (Lipinski definition) is 1. The molecule has 0 bridgehead atoms. The minimum Gasteiger partial charge on any atom is -0.359 e. The van der Waals surface area contributed by atoms with Crippen LogP contribution < -0.4 is 5.73 Å². The molecule has 0 fully saturated rings. The molecule has 0 amide bonds. The van der Waals surface area contributed by atoms with Crippen molar-refractivity contribution in [2.24, 2.45) is 5.73 Å². The van der Waals surface area contributed by atoms with E-state index in [1.807, 2.05) is 0 Å². The van der Waals surface area contributed by atoms with Crippen LogP contribution in [0.3, 0.4) is 0 Å². The molecular formula is C10H22ClN3. The monoisotopic (exact) mass is 219 g/mol. The Morgan fingerprint density at radius 1 is 1.14 bits per heavy atom. The molecular weight excluding hydrogens is 198 g/mol. The van der Waals surface area contributed by atoms with Crippen LogP contribution in [-0.2, 0) is 0 Å². The third kappa shape index (κ3) is 4.72. The fourth-order valence-corrected chi connectivity index (χ4v) is 1.46. The Labute approximate surface area is 93.3 Å². The summed E-state index contributed by atoms with van der Waals surface area (Å²) >= 11 is 0. The van der Waals surface area contributed by atoms with E-state index in [-0.39, 0.29) is 12.4 Å². The Balaban J connectivity index is 0.00000169. The summed E-state index contributed by atoms with van der Waals surface area (Å²) in [4.78, 5) is 4.68. The Morgan fingerprint density at radius 3 is 2.21 bits per heavy atom. The highest BCUT2D eigenvalue weighted by molar-refractivity contribution is 5.85. The quantitative estimate of drug-likeness (QED) is 0.737. The van der Waals surface area contributed by atoms with Crippen molar-refractivity contribution in [3.63, 3.8) is 0 Å². The molecule has 0 aromatic carbocycles. The molecule has 3 nitrogen and oxygen atoms in total. The fraction of sp³-hybridized carbons (Fsp3) is 0.800. The van der Waals surface area contributed by atoms with Gasteiger partial charge in [-0.25, -0.2) is 0 Å². The highest BCUT2D eigenvalue weighted by Gasteiger charge is 2.09. The van der Waals surface area contributed by atoms with E-state index in [9.17, 15) is 0 Å². The third-order valence-corrected chi connectivity index (χ3v) is 2.30.